The zero-order chi connectivity index (χ0) is 22.2. The number of carbonyl (C=O) groups excluding carboxylic acids is 1. The first kappa shape index (κ1) is 21.8. The fourth-order valence-electron chi connectivity index (χ4n) is 3.19. The van der Waals surface area contributed by atoms with E-state index in [1.807, 2.05) is 42.5 Å². The topological polar surface area (TPSA) is 94.8 Å². The minimum atomic E-state index is -0.211. The number of allylic oxidation sites excluding steroid dienone is 4. The number of benzene rings is 2. The van der Waals surface area contributed by atoms with Crippen molar-refractivity contribution in [1.29, 1.82) is 0 Å². The number of amides is 1. The monoisotopic (exact) mass is 421 g/mol. The predicted molar refractivity (Wildman–Crippen MR) is 124 cm³/mol. The summed E-state index contributed by atoms with van der Waals surface area (Å²) in [7, 11) is 4.74. The maximum atomic E-state index is 12.1. The largest absolute Gasteiger partial charge is 0.493 e. The van der Waals surface area contributed by atoms with Crippen molar-refractivity contribution in [2.45, 2.75) is 6.42 Å². The Balaban J connectivity index is 1.59. The van der Waals surface area contributed by atoms with Crippen LogP contribution in [0.3, 0.4) is 0 Å². The average molecular weight is 421 g/mol. The van der Waals surface area contributed by atoms with Crippen molar-refractivity contribution >= 4 is 23.0 Å². The molecule has 3 rings (SSSR count). The van der Waals surface area contributed by atoms with Crippen molar-refractivity contribution in [3.05, 3.63) is 72.5 Å². The molecule has 7 nitrogen and oxygen atoms in total. The Morgan fingerprint density at radius 3 is 2.39 bits per heavy atom. The first-order valence-corrected chi connectivity index (χ1v) is 9.83. The maximum absolute atomic E-state index is 12.1. The summed E-state index contributed by atoms with van der Waals surface area (Å²) >= 11 is 0. The highest BCUT2D eigenvalue weighted by Gasteiger charge is 2.14. The molecule has 0 heterocycles. The van der Waals surface area contributed by atoms with E-state index >= 15 is 0 Å². The Hall–Kier alpha value is -3.87. The first-order valence-electron chi connectivity index (χ1n) is 9.83. The number of nitrogens with one attached hydrogen (secondary N) is 2. The fraction of sp³-hybridized carbons (Fsp3) is 0.208. The van der Waals surface area contributed by atoms with Gasteiger partial charge in [0.25, 0.3) is 0 Å². The Labute approximate surface area is 182 Å². The molecule has 0 aromatic heterocycles. The van der Waals surface area contributed by atoms with Crippen molar-refractivity contribution < 1.29 is 19.0 Å². The highest BCUT2D eigenvalue weighted by atomic mass is 16.5. The standard InChI is InChI=1S/C24H27N3O4/c1-29-21-14-18(15-22(30-2)24(21)31-3)26-17-11-8-16(9-12-17)10-13-23(28)27-20-7-5-4-6-19(20)25/h4-8,10-16,26H,9,25H2,1-3H3,(H,27,28)/b13-10+. The summed E-state index contributed by atoms with van der Waals surface area (Å²) in [6.07, 6.45) is 10.3. The van der Waals surface area contributed by atoms with Crippen LogP contribution in [-0.2, 0) is 4.79 Å². The van der Waals surface area contributed by atoms with E-state index in [0.717, 1.165) is 17.8 Å². The number of ether oxygens (including phenoxy) is 3. The highest BCUT2D eigenvalue weighted by molar-refractivity contribution is 6.01. The normalized spacial score (nSPS) is 15.3. The molecule has 0 saturated heterocycles. The molecule has 0 aliphatic heterocycles. The quantitative estimate of drug-likeness (QED) is 0.433. The van der Waals surface area contributed by atoms with Crippen LogP contribution < -0.4 is 30.6 Å². The van der Waals surface area contributed by atoms with Gasteiger partial charge >= 0.3 is 0 Å². The minimum absolute atomic E-state index is 0.129. The van der Waals surface area contributed by atoms with Crippen LogP contribution in [0.25, 0.3) is 0 Å². The van der Waals surface area contributed by atoms with Gasteiger partial charge in [0.2, 0.25) is 11.7 Å². The lowest BCUT2D eigenvalue weighted by molar-refractivity contribution is -0.111. The number of anilines is 3. The molecule has 0 fully saturated rings. The molecule has 1 amide bonds. The molecule has 0 saturated carbocycles. The third-order valence-corrected chi connectivity index (χ3v) is 4.80. The molecule has 162 valence electrons. The summed E-state index contributed by atoms with van der Waals surface area (Å²) in [5, 5.41) is 6.13. The first-order chi connectivity index (χ1) is 15.0. The predicted octanol–water partition coefficient (Wildman–Crippen LogP) is 4.36. The molecule has 7 heteroatoms. The van der Waals surface area contributed by atoms with Gasteiger partial charge in [-0.3, -0.25) is 4.79 Å². The summed E-state index contributed by atoms with van der Waals surface area (Å²) in [4.78, 5) is 12.1. The molecule has 31 heavy (non-hydrogen) atoms. The molecule has 4 N–H and O–H groups in total. The molecule has 1 aliphatic carbocycles. The number of carbonyl (C=O) groups is 1. The van der Waals surface area contributed by atoms with Gasteiger partial charge in [0.05, 0.1) is 32.7 Å². The summed E-state index contributed by atoms with van der Waals surface area (Å²) in [5.41, 5.74) is 8.75. The van der Waals surface area contributed by atoms with Gasteiger partial charge < -0.3 is 30.6 Å². The van der Waals surface area contributed by atoms with E-state index in [0.29, 0.717) is 28.6 Å². The molecule has 0 spiro atoms. The van der Waals surface area contributed by atoms with E-state index < -0.39 is 0 Å². The SMILES string of the molecule is COc1cc(NC2=CCC(/C=C/C(=O)Nc3ccccc3N)C=C2)cc(OC)c1OC. The van der Waals surface area contributed by atoms with Crippen molar-refractivity contribution in [3.63, 3.8) is 0 Å². The van der Waals surface area contributed by atoms with E-state index in [4.69, 9.17) is 19.9 Å². The third kappa shape index (κ3) is 5.60. The Morgan fingerprint density at radius 2 is 1.81 bits per heavy atom. The van der Waals surface area contributed by atoms with Crippen molar-refractivity contribution in [2.24, 2.45) is 5.92 Å². The summed E-state index contributed by atoms with van der Waals surface area (Å²) in [6, 6.07) is 10.9. The number of rotatable bonds is 8. The average Bonchev–Trinajstić information content (AvgIpc) is 2.79. The molecule has 1 unspecified atom stereocenters. The Kier molecular flexibility index (Phi) is 7.22. The number of methoxy groups -OCH3 is 3. The molecule has 1 atom stereocenters. The maximum Gasteiger partial charge on any atom is 0.248 e. The van der Waals surface area contributed by atoms with Crippen LogP contribution in [0.5, 0.6) is 17.2 Å². The van der Waals surface area contributed by atoms with Crippen molar-refractivity contribution in [3.8, 4) is 17.2 Å². The molecular weight excluding hydrogens is 394 g/mol. The number of hydrogen-bond donors (Lipinski definition) is 3. The van der Waals surface area contributed by atoms with Gasteiger partial charge in [-0.15, -0.1) is 0 Å². The summed E-state index contributed by atoms with van der Waals surface area (Å²) < 4.78 is 16.1. The van der Waals surface area contributed by atoms with Crippen LogP contribution in [-0.4, -0.2) is 27.2 Å². The molecule has 0 radical (unpaired) electrons. The van der Waals surface area contributed by atoms with Crippen molar-refractivity contribution in [1.82, 2.24) is 0 Å². The van der Waals surface area contributed by atoms with E-state index in [1.54, 1.807) is 33.5 Å². The van der Waals surface area contributed by atoms with E-state index in [-0.39, 0.29) is 11.8 Å². The van der Waals surface area contributed by atoms with Crippen LogP contribution in [0.1, 0.15) is 6.42 Å². The number of nitrogen functional groups attached to an aromatic ring is 1. The summed E-state index contributed by atoms with van der Waals surface area (Å²) in [5.74, 6) is 1.62. The smallest absolute Gasteiger partial charge is 0.248 e. The van der Waals surface area contributed by atoms with Gasteiger partial charge in [0.15, 0.2) is 11.5 Å². The zero-order valence-corrected chi connectivity index (χ0v) is 17.8. The summed E-state index contributed by atoms with van der Waals surface area (Å²) in [6.45, 7) is 0. The van der Waals surface area contributed by atoms with E-state index in [1.165, 1.54) is 6.08 Å². The molecule has 1 aliphatic rings. The second-order valence-electron chi connectivity index (χ2n) is 6.89. The van der Waals surface area contributed by atoms with Gasteiger partial charge in [-0.25, -0.2) is 0 Å². The van der Waals surface area contributed by atoms with Crippen LogP contribution >= 0.6 is 0 Å². The van der Waals surface area contributed by atoms with Crippen LogP contribution in [0.2, 0.25) is 0 Å². The minimum Gasteiger partial charge on any atom is -0.493 e. The van der Waals surface area contributed by atoms with Gasteiger partial charge in [0, 0.05) is 23.5 Å². The van der Waals surface area contributed by atoms with Gasteiger partial charge in [-0.05, 0) is 36.6 Å². The van der Waals surface area contributed by atoms with Crippen molar-refractivity contribution in [2.75, 3.05) is 37.7 Å². The molecule has 0 bridgehead atoms. The molecule has 2 aromatic carbocycles. The Bertz CT molecular complexity index is 1000. The number of nitrogens with two attached hydrogens (primary N) is 1. The van der Waals surface area contributed by atoms with E-state index in [9.17, 15) is 4.79 Å². The van der Waals surface area contributed by atoms with Crippen LogP contribution in [0.15, 0.2) is 72.5 Å². The van der Waals surface area contributed by atoms with Gasteiger partial charge in [-0.1, -0.05) is 30.4 Å². The lowest BCUT2D eigenvalue weighted by Gasteiger charge is -2.17. The second-order valence-corrected chi connectivity index (χ2v) is 6.89. The van der Waals surface area contributed by atoms with Crippen LogP contribution in [0.4, 0.5) is 17.1 Å². The van der Waals surface area contributed by atoms with Gasteiger partial charge in [-0.2, -0.15) is 0 Å². The lowest BCUT2D eigenvalue weighted by Crippen LogP contribution is -2.10. The van der Waals surface area contributed by atoms with Gasteiger partial charge in [0.1, 0.15) is 0 Å². The highest BCUT2D eigenvalue weighted by Crippen LogP contribution is 2.40. The Morgan fingerprint density at radius 1 is 1.10 bits per heavy atom. The lowest BCUT2D eigenvalue weighted by atomic mass is 9.98. The fourth-order valence-corrected chi connectivity index (χ4v) is 3.19. The zero-order valence-electron chi connectivity index (χ0n) is 17.8. The molecule has 2 aromatic rings. The molecular formula is C24H27N3O4. The second kappa shape index (κ2) is 10.2. The number of hydrogen-bond acceptors (Lipinski definition) is 6. The van der Waals surface area contributed by atoms with E-state index in [2.05, 4.69) is 16.7 Å². The number of para-hydroxylation sites is 2. The van der Waals surface area contributed by atoms with Crippen LogP contribution in [0, 0.1) is 5.92 Å². The third-order valence-electron chi connectivity index (χ3n) is 4.80.